The number of anilines is 1. The van der Waals surface area contributed by atoms with Crippen LogP contribution in [-0.4, -0.2) is 35.6 Å². The lowest BCUT2D eigenvalue weighted by Gasteiger charge is -2.33. The topological polar surface area (TPSA) is 53.4 Å². The Morgan fingerprint density at radius 2 is 2.27 bits per heavy atom. The zero-order valence-corrected chi connectivity index (χ0v) is 10.4. The Balaban J connectivity index is 3.01. The molecule has 0 fully saturated rings. The number of aliphatic hydroxyl groups excluding tert-OH is 1. The molecular formula is C9H13ClN2O2S. The lowest BCUT2D eigenvalue weighted by molar-refractivity contribution is 0.112. The van der Waals surface area contributed by atoms with Gasteiger partial charge < -0.3 is 10.0 Å². The van der Waals surface area contributed by atoms with E-state index in [2.05, 4.69) is 4.98 Å². The van der Waals surface area contributed by atoms with E-state index in [0.717, 1.165) is 0 Å². The van der Waals surface area contributed by atoms with Crippen LogP contribution in [0.5, 0.6) is 0 Å². The number of aromatic nitrogens is 1. The molecule has 0 aliphatic rings. The third-order valence-electron chi connectivity index (χ3n) is 2.29. The van der Waals surface area contributed by atoms with Crippen LogP contribution in [0.1, 0.15) is 23.5 Å². The van der Waals surface area contributed by atoms with Crippen molar-refractivity contribution in [3.05, 3.63) is 10.0 Å². The van der Waals surface area contributed by atoms with Crippen molar-refractivity contribution in [3.63, 3.8) is 0 Å². The number of aldehydes is 1. The summed E-state index contributed by atoms with van der Waals surface area (Å²) in [5.41, 5.74) is -0.429. The van der Waals surface area contributed by atoms with E-state index in [-0.39, 0.29) is 11.8 Å². The molecule has 0 radical (unpaired) electrons. The van der Waals surface area contributed by atoms with E-state index in [1.54, 1.807) is 11.9 Å². The fourth-order valence-corrected chi connectivity index (χ4v) is 2.07. The number of likely N-dealkylation sites (N-methyl/N-ethyl adjacent to an activating group) is 1. The minimum absolute atomic E-state index is 0.00286. The smallest absolute Gasteiger partial charge is 0.187 e. The summed E-state index contributed by atoms with van der Waals surface area (Å²) >= 11 is 6.97. The van der Waals surface area contributed by atoms with Gasteiger partial charge in [-0.25, -0.2) is 4.98 Å². The molecule has 1 heterocycles. The van der Waals surface area contributed by atoms with Crippen LogP contribution >= 0.6 is 22.9 Å². The summed E-state index contributed by atoms with van der Waals surface area (Å²) in [6.45, 7) is 3.75. The standard InChI is InChI=1S/C9H13ClN2O2S/c1-9(2,5-14)12(3)8-11-7(10)6(4-13)15-8/h4,14H,5H2,1-3H3. The second-order valence-electron chi connectivity index (χ2n) is 3.80. The van der Waals surface area contributed by atoms with Crippen LogP contribution in [0.25, 0.3) is 0 Å². The van der Waals surface area contributed by atoms with Crippen molar-refractivity contribution in [3.8, 4) is 0 Å². The van der Waals surface area contributed by atoms with E-state index in [0.29, 0.717) is 16.3 Å². The lowest BCUT2D eigenvalue weighted by Crippen LogP contribution is -2.44. The predicted molar refractivity (Wildman–Crippen MR) is 62.1 cm³/mol. The van der Waals surface area contributed by atoms with Gasteiger partial charge >= 0.3 is 0 Å². The highest BCUT2D eigenvalue weighted by Crippen LogP contribution is 2.31. The zero-order chi connectivity index (χ0) is 11.6. The molecule has 1 N–H and O–H groups in total. The molecule has 6 heteroatoms. The highest BCUT2D eigenvalue weighted by Gasteiger charge is 2.25. The molecule has 1 aromatic rings. The minimum atomic E-state index is -0.429. The molecule has 15 heavy (non-hydrogen) atoms. The van der Waals surface area contributed by atoms with Crippen molar-refractivity contribution < 1.29 is 9.90 Å². The fourth-order valence-electron chi connectivity index (χ4n) is 0.883. The van der Waals surface area contributed by atoms with E-state index in [4.69, 9.17) is 11.6 Å². The van der Waals surface area contributed by atoms with Crippen LogP contribution in [0, 0.1) is 0 Å². The summed E-state index contributed by atoms with van der Waals surface area (Å²) in [6.07, 6.45) is 0.684. The van der Waals surface area contributed by atoms with Crippen LogP contribution in [0.15, 0.2) is 0 Å². The van der Waals surface area contributed by atoms with Crippen molar-refractivity contribution in [2.45, 2.75) is 19.4 Å². The quantitative estimate of drug-likeness (QED) is 0.826. The van der Waals surface area contributed by atoms with Gasteiger partial charge in [0.2, 0.25) is 0 Å². The third kappa shape index (κ3) is 2.48. The first-order valence-corrected chi connectivity index (χ1v) is 5.58. The molecule has 0 aliphatic heterocycles. The molecule has 0 amide bonds. The molecule has 4 nitrogen and oxygen atoms in total. The maximum absolute atomic E-state index is 10.6. The van der Waals surface area contributed by atoms with E-state index < -0.39 is 5.54 Å². The van der Waals surface area contributed by atoms with Crippen molar-refractivity contribution >= 4 is 34.4 Å². The highest BCUT2D eigenvalue weighted by atomic mass is 35.5. The van der Waals surface area contributed by atoms with E-state index in [1.165, 1.54) is 11.3 Å². The first-order valence-electron chi connectivity index (χ1n) is 4.38. The van der Waals surface area contributed by atoms with Crippen LogP contribution < -0.4 is 4.90 Å². The van der Waals surface area contributed by atoms with Gasteiger partial charge in [0.15, 0.2) is 16.6 Å². The van der Waals surface area contributed by atoms with Crippen molar-refractivity contribution in [1.82, 2.24) is 4.98 Å². The number of carbonyl (C=O) groups excluding carboxylic acids is 1. The fraction of sp³-hybridized carbons (Fsp3) is 0.556. The van der Waals surface area contributed by atoms with Gasteiger partial charge in [-0.2, -0.15) is 0 Å². The Morgan fingerprint density at radius 3 is 2.67 bits per heavy atom. The van der Waals surface area contributed by atoms with Crippen molar-refractivity contribution in [2.75, 3.05) is 18.6 Å². The second kappa shape index (κ2) is 4.47. The molecule has 0 unspecified atom stereocenters. The van der Waals surface area contributed by atoms with Gasteiger partial charge in [-0.1, -0.05) is 22.9 Å². The monoisotopic (exact) mass is 248 g/mol. The van der Waals surface area contributed by atoms with E-state index in [9.17, 15) is 9.90 Å². The molecule has 0 saturated carbocycles. The first-order chi connectivity index (χ1) is 6.92. The van der Waals surface area contributed by atoms with Crippen LogP contribution in [-0.2, 0) is 0 Å². The number of aliphatic hydroxyl groups is 1. The Labute approximate surface area is 97.5 Å². The largest absolute Gasteiger partial charge is 0.394 e. The predicted octanol–water partition coefficient (Wildman–Crippen LogP) is 1.82. The molecule has 0 aromatic carbocycles. The molecule has 0 aliphatic carbocycles. The summed E-state index contributed by atoms with van der Waals surface area (Å²) in [6, 6.07) is 0. The second-order valence-corrected chi connectivity index (χ2v) is 5.17. The Morgan fingerprint density at radius 1 is 1.67 bits per heavy atom. The normalized spacial score (nSPS) is 11.5. The maximum atomic E-state index is 10.6. The Hall–Kier alpha value is -0.650. The van der Waals surface area contributed by atoms with Gasteiger partial charge in [-0.3, -0.25) is 4.79 Å². The molecule has 84 valence electrons. The maximum Gasteiger partial charge on any atom is 0.187 e. The van der Waals surface area contributed by atoms with E-state index in [1.807, 2.05) is 13.8 Å². The van der Waals surface area contributed by atoms with Crippen LogP contribution in [0.2, 0.25) is 5.15 Å². The van der Waals surface area contributed by atoms with E-state index >= 15 is 0 Å². The molecule has 0 atom stereocenters. The molecule has 0 spiro atoms. The summed E-state index contributed by atoms with van der Waals surface area (Å²) < 4.78 is 0. The molecule has 0 bridgehead atoms. The summed E-state index contributed by atoms with van der Waals surface area (Å²) in [5, 5.41) is 10.0. The molecule has 1 aromatic heterocycles. The third-order valence-corrected chi connectivity index (χ3v) is 3.74. The van der Waals surface area contributed by atoms with Crippen LogP contribution in [0.3, 0.4) is 0 Å². The Kier molecular flexibility index (Phi) is 3.70. The van der Waals surface area contributed by atoms with Crippen LogP contribution in [0.4, 0.5) is 5.13 Å². The average Bonchev–Trinajstić information content (AvgIpc) is 2.58. The molecule has 0 saturated heterocycles. The average molecular weight is 249 g/mol. The molecule has 1 rings (SSSR count). The van der Waals surface area contributed by atoms with Crippen molar-refractivity contribution in [1.29, 1.82) is 0 Å². The number of hydrogen-bond donors (Lipinski definition) is 1. The molecular weight excluding hydrogens is 236 g/mol. The minimum Gasteiger partial charge on any atom is -0.394 e. The number of rotatable bonds is 4. The van der Waals surface area contributed by atoms with Gasteiger partial charge in [0.05, 0.1) is 12.1 Å². The number of halogens is 1. The van der Waals surface area contributed by atoms with Gasteiger partial charge in [0.1, 0.15) is 4.88 Å². The highest BCUT2D eigenvalue weighted by molar-refractivity contribution is 7.17. The van der Waals surface area contributed by atoms with Gasteiger partial charge in [0.25, 0.3) is 0 Å². The van der Waals surface area contributed by atoms with Gasteiger partial charge in [0, 0.05) is 7.05 Å². The van der Waals surface area contributed by atoms with Gasteiger partial charge in [-0.05, 0) is 13.8 Å². The zero-order valence-electron chi connectivity index (χ0n) is 8.82. The number of thiazole rings is 1. The summed E-state index contributed by atoms with van der Waals surface area (Å²) in [4.78, 5) is 16.9. The number of carbonyl (C=O) groups is 1. The van der Waals surface area contributed by atoms with Crippen molar-refractivity contribution in [2.24, 2.45) is 0 Å². The summed E-state index contributed by atoms with van der Waals surface area (Å²) in [7, 11) is 1.81. The Bertz CT molecular complexity index is 365. The first kappa shape index (κ1) is 12.4. The lowest BCUT2D eigenvalue weighted by atomic mass is 10.1. The van der Waals surface area contributed by atoms with Gasteiger partial charge in [-0.15, -0.1) is 0 Å². The SMILES string of the molecule is CN(c1nc(Cl)c(C=O)s1)C(C)(C)CO. The summed E-state index contributed by atoms with van der Waals surface area (Å²) in [5.74, 6) is 0. The number of nitrogens with zero attached hydrogens (tertiary/aromatic N) is 2. The number of hydrogen-bond acceptors (Lipinski definition) is 5.